The van der Waals surface area contributed by atoms with Crippen molar-refractivity contribution in [3.8, 4) is 28.5 Å². The number of nitrogens with zero attached hydrogens (tertiary/aromatic N) is 4. The molecular formula is C38H27N5. The summed E-state index contributed by atoms with van der Waals surface area (Å²) in [4.78, 5) is 4.93. The van der Waals surface area contributed by atoms with Gasteiger partial charge in [-0.25, -0.2) is 5.10 Å². The van der Waals surface area contributed by atoms with E-state index in [1.54, 1.807) is 0 Å². The summed E-state index contributed by atoms with van der Waals surface area (Å²) in [5.41, 5.74) is 9.24. The highest BCUT2D eigenvalue weighted by atomic mass is 15.3. The molecule has 1 N–H and O–H groups in total. The van der Waals surface area contributed by atoms with E-state index in [1.165, 1.54) is 43.8 Å². The number of aromatic amines is 1. The third kappa shape index (κ3) is 3.71. The molecule has 0 fully saturated rings. The van der Waals surface area contributed by atoms with Gasteiger partial charge in [-0.2, -0.15) is 10.1 Å². The van der Waals surface area contributed by atoms with Crippen molar-refractivity contribution < 1.29 is 0 Å². The molecule has 1 aliphatic rings. The number of nitrogens with one attached hydrogen (secondary N) is 1. The standard InChI is InChI=1S/C38H27N5/c1-3-11-25(12-4-1)37-39-38(41-40-37)43-34-18-10-7-15-29(34)31-21-19-27(24-36(31)43)26-20-22-35-32(23-26)30-16-8-9-17-33(30)42(35)28-13-5-2-6-14-28/h1,3-5,7-24H,2,6H2,(H,39,40,41). The summed E-state index contributed by atoms with van der Waals surface area (Å²) in [7, 11) is 0. The van der Waals surface area contributed by atoms with Crippen molar-refractivity contribution in [2.75, 3.05) is 0 Å². The summed E-state index contributed by atoms with van der Waals surface area (Å²) in [6.45, 7) is 0. The molecule has 1 aliphatic carbocycles. The van der Waals surface area contributed by atoms with Crippen molar-refractivity contribution in [2.45, 2.75) is 12.8 Å². The Kier molecular flexibility index (Phi) is 5.26. The number of hydrogen-bond donors (Lipinski definition) is 1. The second-order valence-electron chi connectivity index (χ2n) is 11.1. The lowest BCUT2D eigenvalue weighted by molar-refractivity contribution is 0.990. The molecule has 8 aromatic rings. The SMILES string of the molecule is C1=CC(n2c3ccccc3c3cc(-c4ccc5c6ccccc6n(-c6nc(-c7ccccc7)n[nH]6)c5c4)ccc32)=CCC1. The molecule has 0 atom stereocenters. The highest BCUT2D eigenvalue weighted by Crippen LogP contribution is 2.38. The Bertz CT molecular complexity index is 2400. The highest BCUT2D eigenvalue weighted by Gasteiger charge is 2.18. The Balaban J connectivity index is 1.24. The topological polar surface area (TPSA) is 51.4 Å². The smallest absolute Gasteiger partial charge is 0.231 e. The molecule has 0 bridgehead atoms. The molecule has 0 aliphatic heterocycles. The minimum Gasteiger partial charge on any atom is -0.310 e. The summed E-state index contributed by atoms with van der Waals surface area (Å²) in [5.74, 6) is 1.39. The van der Waals surface area contributed by atoms with Crippen LogP contribution in [0.1, 0.15) is 12.8 Å². The van der Waals surface area contributed by atoms with Gasteiger partial charge in [0, 0.05) is 32.8 Å². The van der Waals surface area contributed by atoms with Crippen molar-refractivity contribution in [2.24, 2.45) is 0 Å². The van der Waals surface area contributed by atoms with E-state index >= 15 is 0 Å². The summed E-state index contributed by atoms with van der Waals surface area (Å²) in [6.07, 6.45) is 9.05. The van der Waals surface area contributed by atoms with Crippen LogP contribution in [0.25, 0.3) is 77.8 Å². The van der Waals surface area contributed by atoms with Crippen molar-refractivity contribution in [1.82, 2.24) is 24.3 Å². The molecule has 0 unspecified atom stereocenters. The van der Waals surface area contributed by atoms with Crippen LogP contribution >= 0.6 is 0 Å². The van der Waals surface area contributed by atoms with E-state index in [2.05, 4.69) is 122 Å². The molecule has 204 valence electrons. The zero-order valence-electron chi connectivity index (χ0n) is 23.4. The fourth-order valence-electron chi connectivity index (χ4n) is 6.64. The lowest BCUT2D eigenvalue weighted by Crippen LogP contribution is -1.97. The second-order valence-corrected chi connectivity index (χ2v) is 11.1. The van der Waals surface area contributed by atoms with Gasteiger partial charge in [-0.1, -0.05) is 97.1 Å². The Labute approximate surface area is 248 Å². The predicted octanol–water partition coefficient (Wildman–Crippen LogP) is 9.53. The first-order chi connectivity index (χ1) is 21.3. The summed E-state index contributed by atoms with van der Waals surface area (Å²) >= 11 is 0. The number of para-hydroxylation sites is 2. The van der Waals surface area contributed by atoms with Crippen molar-refractivity contribution in [1.29, 1.82) is 0 Å². The monoisotopic (exact) mass is 553 g/mol. The molecular weight excluding hydrogens is 526 g/mol. The Morgan fingerprint density at radius 2 is 1.21 bits per heavy atom. The zero-order valence-corrected chi connectivity index (χ0v) is 23.4. The number of H-pyrrole nitrogens is 1. The molecule has 3 aromatic heterocycles. The fraction of sp³-hybridized carbons (Fsp3) is 0.0526. The average Bonchev–Trinajstić information content (AvgIpc) is 3.78. The predicted molar refractivity (Wildman–Crippen MR) is 177 cm³/mol. The molecule has 5 heteroatoms. The average molecular weight is 554 g/mol. The van der Waals surface area contributed by atoms with Gasteiger partial charge >= 0.3 is 0 Å². The first-order valence-electron chi connectivity index (χ1n) is 14.8. The van der Waals surface area contributed by atoms with Gasteiger partial charge in [0.2, 0.25) is 5.95 Å². The number of allylic oxidation sites excluding steroid dienone is 4. The first kappa shape index (κ1) is 24.0. The van der Waals surface area contributed by atoms with Crippen LogP contribution in [-0.4, -0.2) is 24.3 Å². The Morgan fingerprint density at radius 3 is 2.02 bits per heavy atom. The van der Waals surface area contributed by atoms with Crippen LogP contribution in [-0.2, 0) is 0 Å². The van der Waals surface area contributed by atoms with Crippen LogP contribution in [0.3, 0.4) is 0 Å². The quantitative estimate of drug-likeness (QED) is 0.236. The Hall–Kier alpha value is -5.68. The summed E-state index contributed by atoms with van der Waals surface area (Å²) in [5, 5.41) is 12.7. The van der Waals surface area contributed by atoms with Gasteiger partial charge in [-0.15, -0.1) is 0 Å². The molecule has 9 rings (SSSR count). The van der Waals surface area contributed by atoms with E-state index in [9.17, 15) is 0 Å². The van der Waals surface area contributed by atoms with Gasteiger partial charge in [0.25, 0.3) is 0 Å². The summed E-state index contributed by atoms with van der Waals surface area (Å²) < 4.78 is 4.60. The van der Waals surface area contributed by atoms with Crippen LogP contribution in [0, 0.1) is 0 Å². The van der Waals surface area contributed by atoms with Crippen LogP contribution < -0.4 is 0 Å². The molecule has 3 heterocycles. The number of hydrogen-bond acceptors (Lipinski definition) is 2. The maximum atomic E-state index is 4.93. The lowest BCUT2D eigenvalue weighted by atomic mass is 10.0. The fourth-order valence-corrected chi connectivity index (χ4v) is 6.64. The molecule has 0 saturated carbocycles. The van der Waals surface area contributed by atoms with E-state index in [1.807, 2.05) is 30.3 Å². The lowest BCUT2D eigenvalue weighted by Gasteiger charge is -2.12. The molecule has 43 heavy (non-hydrogen) atoms. The number of aromatic nitrogens is 5. The molecule has 5 nitrogen and oxygen atoms in total. The minimum atomic E-state index is 0.683. The molecule has 0 spiro atoms. The first-order valence-corrected chi connectivity index (χ1v) is 14.8. The van der Waals surface area contributed by atoms with E-state index in [0.717, 1.165) is 35.0 Å². The number of fused-ring (bicyclic) bond motifs is 6. The van der Waals surface area contributed by atoms with Gasteiger partial charge in [0.05, 0.1) is 22.1 Å². The highest BCUT2D eigenvalue weighted by molar-refractivity contribution is 6.13. The van der Waals surface area contributed by atoms with Gasteiger partial charge in [-0.3, -0.25) is 4.57 Å². The van der Waals surface area contributed by atoms with Crippen LogP contribution in [0.15, 0.2) is 133 Å². The number of rotatable bonds is 4. The molecule has 5 aromatic carbocycles. The third-order valence-corrected chi connectivity index (χ3v) is 8.63. The normalized spacial score (nSPS) is 13.4. The maximum Gasteiger partial charge on any atom is 0.231 e. The zero-order chi connectivity index (χ0) is 28.3. The van der Waals surface area contributed by atoms with Crippen LogP contribution in [0.4, 0.5) is 0 Å². The molecule has 0 saturated heterocycles. The van der Waals surface area contributed by atoms with Gasteiger partial charge in [-0.05, 0) is 60.4 Å². The summed E-state index contributed by atoms with van der Waals surface area (Å²) in [6, 6.07) is 40.9. The van der Waals surface area contributed by atoms with E-state index in [4.69, 9.17) is 4.98 Å². The second kappa shape index (κ2) is 9.43. The molecule has 0 radical (unpaired) electrons. The van der Waals surface area contributed by atoms with Crippen LogP contribution in [0.5, 0.6) is 0 Å². The third-order valence-electron chi connectivity index (χ3n) is 8.63. The van der Waals surface area contributed by atoms with Gasteiger partial charge < -0.3 is 4.57 Å². The van der Waals surface area contributed by atoms with E-state index < -0.39 is 0 Å². The minimum absolute atomic E-state index is 0.683. The maximum absolute atomic E-state index is 4.93. The van der Waals surface area contributed by atoms with Gasteiger partial charge in [0.15, 0.2) is 5.82 Å². The van der Waals surface area contributed by atoms with E-state index in [-0.39, 0.29) is 0 Å². The Morgan fingerprint density at radius 1 is 0.535 bits per heavy atom. The van der Waals surface area contributed by atoms with Crippen molar-refractivity contribution in [3.05, 3.63) is 133 Å². The van der Waals surface area contributed by atoms with Crippen molar-refractivity contribution >= 4 is 49.3 Å². The van der Waals surface area contributed by atoms with Crippen LogP contribution in [0.2, 0.25) is 0 Å². The van der Waals surface area contributed by atoms with Crippen molar-refractivity contribution in [3.63, 3.8) is 0 Å². The van der Waals surface area contributed by atoms with Gasteiger partial charge in [0.1, 0.15) is 0 Å². The van der Waals surface area contributed by atoms with E-state index in [0.29, 0.717) is 11.8 Å². The largest absolute Gasteiger partial charge is 0.310 e. The molecule has 0 amide bonds. The number of benzene rings is 5.